The molecule has 98 valence electrons. The molecule has 1 aromatic rings. The molecule has 3 atom stereocenters. The van der Waals surface area contributed by atoms with Gasteiger partial charge in [0.05, 0.1) is 5.25 Å². The topological polar surface area (TPSA) is 97.5 Å². The van der Waals surface area contributed by atoms with Crippen LogP contribution in [0.3, 0.4) is 0 Å². The average molecular weight is 334 g/mol. The van der Waals surface area contributed by atoms with Crippen LogP contribution in [0.25, 0.3) is 0 Å². The van der Waals surface area contributed by atoms with Gasteiger partial charge in [-0.2, -0.15) is 0 Å². The first-order valence-electron chi connectivity index (χ1n) is 5.15. The molecule has 0 radical (unpaired) electrons. The van der Waals surface area contributed by atoms with Crippen molar-refractivity contribution in [2.45, 2.75) is 16.7 Å². The summed E-state index contributed by atoms with van der Waals surface area (Å²) in [4.78, 5) is 11.2. The summed E-state index contributed by atoms with van der Waals surface area (Å²) in [5, 5.41) is 8.07. The van der Waals surface area contributed by atoms with E-state index in [1.807, 2.05) is 0 Å². The molecule has 5 nitrogen and oxygen atoms in total. The molecule has 3 N–H and O–H groups in total. The molecular formula is C11H12BrNO4S. The number of carbonyl (C=O) groups is 1. The molecule has 1 aliphatic carbocycles. The van der Waals surface area contributed by atoms with Crippen molar-refractivity contribution in [3.05, 3.63) is 34.3 Å². The Labute approximate surface area is 113 Å². The Morgan fingerprint density at radius 2 is 1.89 bits per heavy atom. The zero-order chi connectivity index (χ0) is 13.7. The van der Waals surface area contributed by atoms with Gasteiger partial charge in [0, 0.05) is 16.6 Å². The second kappa shape index (κ2) is 4.04. The van der Waals surface area contributed by atoms with Crippen LogP contribution in [0, 0.1) is 0 Å². The van der Waals surface area contributed by atoms with Crippen molar-refractivity contribution < 1.29 is 18.3 Å². The van der Waals surface area contributed by atoms with Crippen molar-refractivity contribution in [2.24, 2.45) is 5.73 Å². The van der Waals surface area contributed by atoms with Crippen LogP contribution in [-0.2, 0) is 14.6 Å². The number of hydrogen-bond donors (Lipinski definition) is 2. The minimum Gasteiger partial charge on any atom is -0.480 e. The van der Waals surface area contributed by atoms with Crippen LogP contribution >= 0.6 is 15.9 Å². The van der Waals surface area contributed by atoms with E-state index in [4.69, 9.17) is 10.8 Å². The van der Waals surface area contributed by atoms with E-state index in [9.17, 15) is 13.2 Å². The summed E-state index contributed by atoms with van der Waals surface area (Å²) in [5.41, 5.74) is 4.65. The highest BCUT2D eigenvalue weighted by Gasteiger charge is 2.73. The number of rotatable bonds is 3. The number of nitrogens with two attached hydrogens (primary N) is 1. The largest absolute Gasteiger partial charge is 0.480 e. The summed E-state index contributed by atoms with van der Waals surface area (Å²) in [6.45, 7) is 0. The van der Waals surface area contributed by atoms with Gasteiger partial charge in [0.1, 0.15) is 5.54 Å². The Bertz CT molecular complexity index is 598. The van der Waals surface area contributed by atoms with Gasteiger partial charge in [-0.1, -0.05) is 28.1 Å². The summed E-state index contributed by atoms with van der Waals surface area (Å²) in [5.74, 6) is -1.98. The standard InChI is InChI=1S/C11H12BrNO4S/c1-18(16,17)9-8(11(9,13)10(14)15)6-2-4-7(12)5-3-6/h2-5,8-9H,13H2,1H3,(H,14,15)/t8-,9+,11+/m1/s1. The van der Waals surface area contributed by atoms with Crippen LogP contribution < -0.4 is 5.73 Å². The third-order valence-corrected chi connectivity index (χ3v) is 5.35. The van der Waals surface area contributed by atoms with E-state index in [-0.39, 0.29) is 0 Å². The first kappa shape index (κ1) is 13.5. The molecule has 0 spiro atoms. The van der Waals surface area contributed by atoms with Gasteiger partial charge < -0.3 is 10.8 Å². The summed E-state index contributed by atoms with van der Waals surface area (Å²) >= 11 is 3.26. The van der Waals surface area contributed by atoms with Crippen molar-refractivity contribution in [1.29, 1.82) is 0 Å². The van der Waals surface area contributed by atoms with Crippen molar-refractivity contribution in [1.82, 2.24) is 0 Å². The molecule has 0 saturated heterocycles. The van der Waals surface area contributed by atoms with Crippen LogP contribution in [0.1, 0.15) is 11.5 Å². The van der Waals surface area contributed by atoms with Crippen LogP contribution in [-0.4, -0.2) is 36.5 Å². The van der Waals surface area contributed by atoms with Crippen LogP contribution in [0.4, 0.5) is 0 Å². The van der Waals surface area contributed by atoms with Gasteiger partial charge in [-0.25, -0.2) is 8.42 Å². The van der Waals surface area contributed by atoms with Crippen LogP contribution in [0.5, 0.6) is 0 Å². The Morgan fingerprint density at radius 3 is 2.22 bits per heavy atom. The van der Waals surface area contributed by atoms with Gasteiger partial charge in [-0.05, 0) is 17.7 Å². The molecule has 0 amide bonds. The lowest BCUT2D eigenvalue weighted by molar-refractivity contribution is -0.139. The minimum absolute atomic E-state index is 0.624. The lowest BCUT2D eigenvalue weighted by atomic mass is 10.1. The highest BCUT2D eigenvalue weighted by atomic mass is 79.9. The molecule has 1 aromatic carbocycles. The second-order valence-electron chi connectivity index (χ2n) is 4.52. The average Bonchev–Trinajstić information content (AvgIpc) is 2.87. The molecule has 1 fully saturated rings. The normalized spacial score (nSPS) is 31.1. The van der Waals surface area contributed by atoms with Gasteiger partial charge in [0.25, 0.3) is 0 Å². The number of carboxylic acid groups (broad SMARTS) is 1. The Hall–Kier alpha value is -0.920. The first-order chi connectivity index (χ1) is 8.19. The maximum atomic E-state index is 11.6. The molecule has 2 rings (SSSR count). The predicted octanol–water partition coefficient (Wildman–Crippen LogP) is 0.742. The maximum absolute atomic E-state index is 11.6. The molecule has 18 heavy (non-hydrogen) atoms. The number of hydrogen-bond acceptors (Lipinski definition) is 4. The van der Waals surface area contributed by atoms with Crippen LogP contribution in [0.15, 0.2) is 28.7 Å². The van der Waals surface area contributed by atoms with Gasteiger partial charge >= 0.3 is 5.97 Å². The Morgan fingerprint density at radius 1 is 1.39 bits per heavy atom. The fourth-order valence-electron chi connectivity index (χ4n) is 2.35. The summed E-state index contributed by atoms with van der Waals surface area (Å²) in [7, 11) is -3.51. The molecule has 0 aliphatic heterocycles. The van der Waals surface area contributed by atoms with Gasteiger partial charge in [0.15, 0.2) is 9.84 Å². The van der Waals surface area contributed by atoms with Crippen molar-refractivity contribution in [3.63, 3.8) is 0 Å². The van der Waals surface area contributed by atoms with Gasteiger partial charge in [-0.3, -0.25) is 4.79 Å². The summed E-state index contributed by atoms with van der Waals surface area (Å²) < 4.78 is 24.1. The van der Waals surface area contributed by atoms with Crippen molar-refractivity contribution in [3.8, 4) is 0 Å². The molecule has 0 unspecified atom stereocenters. The molecule has 0 aromatic heterocycles. The fraction of sp³-hybridized carbons (Fsp3) is 0.364. The smallest absolute Gasteiger partial charge is 0.325 e. The summed E-state index contributed by atoms with van der Waals surface area (Å²) in [6.07, 6.45) is 1.01. The zero-order valence-electron chi connectivity index (χ0n) is 9.50. The van der Waals surface area contributed by atoms with Crippen LogP contribution in [0.2, 0.25) is 0 Å². The molecular weight excluding hydrogens is 322 g/mol. The van der Waals surface area contributed by atoms with E-state index < -0.39 is 32.5 Å². The first-order valence-corrected chi connectivity index (χ1v) is 7.90. The zero-order valence-corrected chi connectivity index (χ0v) is 11.9. The summed E-state index contributed by atoms with van der Waals surface area (Å²) in [6, 6.07) is 6.83. The number of benzene rings is 1. The number of halogens is 1. The minimum atomic E-state index is -3.51. The van der Waals surface area contributed by atoms with E-state index in [1.54, 1.807) is 24.3 Å². The van der Waals surface area contributed by atoms with Gasteiger partial charge in [0.2, 0.25) is 0 Å². The number of sulfone groups is 1. The quantitative estimate of drug-likeness (QED) is 0.850. The highest BCUT2D eigenvalue weighted by molar-refractivity contribution is 9.10. The van der Waals surface area contributed by atoms with E-state index in [1.165, 1.54) is 0 Å². The monoisotopic (exact) mass is 333 g/mol. The highest BCUT2D eigenvalue weighted by Crippen LogP contribution is 2.54. The van der Waals surface area contributed by atoms with Crippen molar-refractivity contribution >= 4 is 31.7 Å². The lowest BCUT2D eigenvalue weighted by Crippen LogP contribution is -2.39. The predicted molar refractivity (Wildman–Crippen MR) is 70.1 cm³/mol. The van der Waals surface area contributed by atoms with Gasteiger partial charge in [-0.15, -0.1) is 0 Å². The number of aliphatic carboxylic acids is 1. The fourth-order valence-corrected chi connectivity index (χ4v) is 4.37. The SMILES string of the molecule is CS(=O)(=O)[C@H]1[C@@H](c2ccc(Br)cc2)[C@@]1(N)C(=O)O. The lowest BCUT2D eigenvalue weighted by Gasteiger charge is -2.04. The molecule has 7 heteroatoms. The maximum Gasteiger partial charge on any atom is 0.325 e. The molecule has 1 saturated carbocycles. The third kappa shape index (κ3) is 1.96. The number of carboxylic acids is 1. The molecule has 0 heterocycles. The Balaban J connectivity index is 2.45. The third-order valence-electron chi connectivity index (χ3n) is 3.24. The van der Waals surface area contributed by atoms with E-state index in [0.29, 0.717) is 5.56 Å². The Kier molecular flexibility index (Phi) is 3.03. The van der Waals surface area contributed by atoms with E-state index in [0.717, 1.165) is 10.7 Å². The van der Waals surface area contributed by atoms with Crippen molar-refractivity contribution in [2.75, 3.05) is 6.26 Å². The second-order valence-corrected chi connectivity index (χ2v) is 7.60. The molecule has 1 aliphatic rings. The molecule has 0 bridgehead atoms. The van der Waals surface area contributed by atoms with E-state index >= 15 is 0 Å². The van der Waals surface area contributed by atoms with E-state index in [2.05, 4.69) is 15.9 Å².